The number of nitrogens with one attached hydrogen (secondary N) is 2. The van der Waals surface area contributed by atoms with Gasteiger partial charge in [0.2, 0.25) is 17.7 Å². The normalized spacial score (nSPS) is 12.1. The molecule has 1 aromatic carbocycles. The van der Waals surface area contributed by atoms with E-state index in [1.54, 1.807) is 43.2 Å². The molecule has 0 saturated carbocycles. The lowest BCUT2D eigenvalue weighted by atomic mass is 9.84. The highest BCUT2D eigenvalue weighted by Crippen LogP contribution is 2.28. The summed E-state index contributed by atoms with van der Waals surface area (Å²) in [6.07, 6.45) is -4.65. The van der Waals surface area contributed by atoms with Gasteiger partial charge in [0.1, 0.15) is 5.75 Å². The first-order chi connectivity index (χ1) is 10.6. The van der Waals surface area contributed by atoms with Crippen LogP contribution in [0.1, 0.15) is 25.2 Å². The van der Waals surface area contributed by atoms with Crippen molar-refractivity contribution in [2.75, 3.05) is 12.4 Å². The van der Waals surface area contributed by atoms with E-state index >= 15 is 0 Å². The first kappa shape index (κ1) is 16.8. The quantitative estimate of drug-likeness (QED) is 0.904. The summed E-state index contributed by atoms with van der Waals surface area (Å²) in [6, 6.07) is 6.80. The molecule has 0 bridgehead atoms. The minimum absolute atomic E-state index is 0.427. The number of H-pyrrole nitrogens is 1. The minimum atomic E-state index is -4.65. The van der Waals surface area contributed by atoms with E-state index < -0.39 is 29.3 Å². The lowest BCUT2D eigenvalue weighted by Gasteiger charge is -2.23. The van der Waals surface area contributed by atoms with Gasteiger partial charge in [-0.25, -0.2) is 0 Å². The molecule has 0 aliphatic rings. The molecule has 0 radical (unpaired) electrons. The Morgan fingerprint density at radius 3 is 2.30 bits per heavy atom. The second-order valence-corrected chi connectivity index (χ2v) is 5.31. The first-order valence-corrected chi connectivity index (χ1v) is 6.60. The van der Waals surface area contributed by atoms with Crippen LogP contribution in [0.2, 0.25) is 0 Å². The van der Waals surface area contributed by atoms with E-state index in [9.17, 15) is 18.0 Å². The van der Waals surface area contributed by atoms with E-state index in [1.165, 1.54) is 7.11 Å². The van der Waals surface area contributed by atoms with Gasteiger partial charge in [-0.1, -0.05) is 12.1 Å². The Kier molecular flexibility index (Phi) is 4.31. The lowest BCUT2D eigenvalue weighted by Crippen LogP contribution is -2.35. The van der Waals surface area contributed by atoms with Crippen LogP contribution in [-0.4, -0.2) is 28.2 Å². The van der Waals surface area contributed by atoms with E-state index in [4.69, 9.17) is 4.74 Å². The number of hydrogen-bond donors (Lipinski definition) is 2. The number of amides is 1. The van der Waals surface area contributed by atoms with Crippen LogP contribution in [0.5, 0.6) is 5.75 Å². The number of aromatic nitrogens is 3. The van der Waals surface area contributed by atoms with Crippen molar-refractivity contribution in [3.8, 4) is 5.75 Å². The lowest BCUT2D eigenvalue weighted by molar-refractivity contribution is -0.144. The van der Waals surface area contributed by atoms with Crippen molar-refractivity contribution in [3.05, 3.63) is 35.7 Å². The zero-order chi connectivity index (χ0) is 17.3. The molecule has 2 N–H and O–H groups in total. The number of benzene rings is 1. The highest BCUT2D eigenvalue weighted by atomic mass is 19.4. The second-order valence-electron chi connectivity index (χ2n) is 5.31. The summed E-state index contributed by atoms with van der Waals surface area (Å²) in [5.74, 6) is -1.59. The molecule has 0 atom stereocenters. The minimum Gasteiger partial charge on any atom is -0.497 e. The summed E-state index contributed by atoms with van der Waals surface area (Å²) in [5.41, 5.74) is -0.326. The molecule has 2 aromatic rings. The van der Waals surface area contributed by atoms with Crippen LogP contribution in [0.3, 0.4) is 0 Å². The number of carbonyl (C=O) groups excluding carboxylic acids is 1. The molecule has 124 valence electrons. The Morgan fingerprint density at radius 1 is 1.22 bits per heavy atom. The van der Waals surface area contributed by atoms with Crippen LogP contribution in [0.4, 0.5) is 19.1 Å². The molecule has 1 heterocycles. The molecule has 0 saturated heterocycles. The van der Waals surface area contributed by atoms with Gasteiger partial charge in [0, 0.05) is 0 Å². The van der Waals surface area contributed by atoms with Crippen molar-refractivity contribution in [3.63, 3.8) is 0 Å². The average molecular weight is 328 g/mol. The molecule has 0 aliphatic carbocycles. The Balaban J connectivity index is 2.16. The van der Waals surface area contributed by atoms with Gasteiger partial charge in [0.05, 0.1) is 12.5 Å². The summed E-state index contributed by atoms with van der Waals surface area (Å²) in [4.78, 5) is 15.5. The van der Waals surface area contributed by atoms with Crippen LogP contribution >= 0.6 is 0 Å². The van der Waals surface area contributed by atoms with Crippen molar-refractivity contribution < 1.29 is 22.7 Å². The van der Waals surface area contributed by atoms with Crippen LogP contribution < -0.4 is 10.1 Å². The third-order valence-corrected chi connectivity index (χ3v) is 3.36. The molecule has 6 nitrogen and oxygen atoms in total. The number of ether oxygens (including phenoxy) is 1. The number of hydrogen-bond acceptors (Lipinski definition) is 4. The summed E-state index contributed by atoms with van der Waals surface area (Å²) >= 11 is 0. The molecule has 0 aliphatic heterocycles. The number of nitrogens with zero attached hydrogens (tertiary/aromatic N) is 2. The van der Waals surface area contributed by atoms with Crippen molar-refractivity contribution in [1.29, 1.82) is 0 Å². The van der Waals surface area contributed by atoms with E-state index in [2.05, 4.69) is 15.4 Å². The molecule has 0 fully saturated rings. The molecular weight excluding hydrogens is 313 g/mol. The Hall–Kier alpha value is -2.58. The van der Waals surface area contributed by atoms with Gasteiger partial charge >= 0.3 is 6.18 Å². The molecule has 1 aromatic heterocycles. The van der Waals surface area contributed by atoms with Gasteiger partial charge in [-0.05, 0) is 31.5 Å². The van der Waals surface area contributed by atoms with E-state index in [0.717, 1.165) is 0 Å². The fourth-order valence-corrected chi connectivity index (χ4v) is 1.84. The maximum atomic E-state index is 12.5. The molecule has 1 amide bonds. The molecule has 9 heteroatoms. The zero-order valence-corrected chi connectivity index (χ0v) is 12.7. The third-order valence-electron chi connectivity index (χ3n) is 3.36. The van der Waals surface area contributed by atoms with E-state index in [1.807, 2.05) is 0 Å². The number of methoxy groups -OCH3 is 1. The molecule has 23 heavy (non-hydrogen) atoms. The van der Waals surface area contributed by atoms with Crippen molar-refractivity contribution in [2.24, 2.45) is 0 Å². The van der Waals surface area contributed by atoms with Crippen LogP contribution in [0.25, 0.3) is 0 Å². The van der Waals surface area contributed by atoms with Crippen molar-refractivity contribution in [1.82, 2.24) is 15.2 Å². The van der Waals surface area contributed by atoms with Gasteiger partial charge in [-0.2, -0.15) is 18.2 Å². The monoisotopic (exact) mass is 328 g/mol. The average Bonchev–Trinajstić information content (AvgIpc) is 2.96. The number of halogens is 3. The van der Waals surface area contributed by atoms with Crippen molar-refractivity contribution in [2.45, 2.75) is 25.4 Å². The van der Waals surface area contributed by atoms with E-state index in [0.29, 0.717) is 11.3 Å². The number of aromatic amines is 1. The molecular formula is C14H15F3N4O2. The Labute approximate surface area is 130 Å². The molecule has 0 unspecified atom stereocenters. The van der Waals surface area contributed by atoms with Gasteiger partial charge in [-0.3, -0.25) is 15.2 Å². The number of alkyl halides is 3. The zero-order valence-electron chi connectivity index (χ0n) is 12.7. The SMILES string of the molecule is COc1ccc(C(C)(C)C(=O)Nc2n[nH]c(C(F)(F)F)n2)cc1. The van der Waals surface area contributed by atoms with Crippen LogP contribution in [-0.2, 0) is 16.4 Å². The smallest absolute Gasteiger partial charge is 0.451 e. The van der Waals surface area contributed by atoms with Gasteiger partial charge in [0.15, 0.2) is 0 Å². The van der Waals surface area contributed by atoms with Crippen LogP contribution in [0.15, 0.2) is 24.3 Å². The maximum Gasteiger partial charge on any atom is 0.451 e. The highest BCUT2D eigenvalue weighted by molar-refractivity contribution is 5.97. The first-order valence-electron chi connectivity index (χ1n) is 6.60. The topological polar surface area (TPSA) is 79.9 Å². The largest absolute Gasteiger partial charge is 0.497 e. The summed E-state index contributed by atoms with van der Waals surface area (Å²) in [6.45, 7) is 3.28. The van der Waals surface area contributed by atoms with Crippen LogP contribution in [0, 0.1) is 0 Å². The standard InChI is InChI=1S/C14H15F3N4O2/c1-13(2,8-4-6-9(23-3)7-5-8)11(22)19-12-18-10(20-21-12)14(15,16)17/h4-7H,1-3H3,(H2,18,19,20,21,22). The molecule has 2 rings (SSSR count). The predicted molar refractivity (Wildman–Crippen MR) is 76.0 cm³/mol. The fourth-order valence-electron chi connectivity index (χ4n) is 1.84. The van der Waals surface area contributed by atoms with E-state index in [-0.39, 0.29) is 0 Å². The fraction of sp³-hybridized carbons (Fsp3) is 0.357. The van der Waals surface area contributed by atoms with Crippen molar-refractivity contribution >= 4 is 11.9 Å². The summed E-state index contributed by atoms with van der Waals surface area (Å²) in [5, 5.41) is 7.37. The molecule has 0 spiro atoms. The summed E-state index contributed by atoms with van der Waals surface area (Å²) in [7, 11) is 1.52. The second kappa shape index (κ2) is 5.90. The third kappa shape index (κ3) is 3.61. The Morgan fingerprint density at radius 2 is 1.83 bits per heavy atom. The number of anilines is 1. The van der Waals surface area contributed by atoms with Gasteiger partial charge in [-0.15, -0.1) is 5.10 Å². The Bertz CT molecular complexity index is 693. The number of rotatable bonds is 4. The maximum absolute atomic E-state index is 12.5. The number of carbonyl (C=O) groups is 1. The van der Waals surface area contributed by atoms with Gasteiger partial charge < -0.3 is 4.74 Å². The summed E-state index contributed by atoms with van der Waals surface area (Å²) < 4.78 is 42.4. The highest BCUT2D eigenvalue weighted by Gasteiger charge is 2.36. The van der Waals surface area contributed by atoms with Gasteiger partial charge in [0.25, 0.3) is 0 Å². The predicted octanol–water partition coefficient (Wildman–Crippen LogP) is 2.75.